The number of benzene rings is 2. The first kappa shape index (κ1) is 54.4. The number of hydrogen-bond donors (Lipinski definition) is 0. The van der Waals surface area contributed by atoms with Crippen molar-refractivity contribution in [3.05, 3.63) is 58.7 Å². The van der Waals surface area contributed by atoms with E-state index < -0.39 is 53.9 Å². The number of hydrogen-bond acceptors (Lipinski definition) is 14. The van der Waals surface area contributed by atoms with Gasteiger partial charge in [-0.2, -0.15) is 0 Å². The second-order valence-electron chi connectivity index (χ2n) is 14.2. The third kappa shape index (κ3) is 21.3. The SMILES string of the molecule is CCC(C)CCOC(=O)c1cc(C(=O)OCCC(C)CC)cc(S(=O)(=O)[O-])c1.CCC(C)CCOC(=O)c1cc(C(=O)OCCC(C)CC)cc(S(=O)(=O)[O-])c1.[Ca+2]. The Morgan fingerprint density at radius 2 is 0.649 bits per heavy atom. The summed E-state index contributed by atoms with van der Waals surface area (Å²) in [5, 5.41) is 0. The molecule has 57 heavy (non-hydrogen) atoms. The normalized spacial score (nSPS) is 13.4. The van der Waals surface area contributed by atoms with Gasteiger partial charge in [-0.3, -0.25) is 0 Å². The van der Waals surface area contributed by atoms with Gasteiger partial charge in [0.25, 0.3) is 0 Å². The summed E-state index contributed by atoms with van der Waals surface area (Å²) in [7, 11) is -9.71. The maximum absolute atomic E-state index is 12.2. The predicted octanol–water partition coefficient (Wildman–Crippen LogP) is 7.17. The molecule has 4 atom stereocenters. The summed E-state index contributed by atoms with van der Waals surface area (Å²) < 4.78 is 89.0. The van der Waals surface area contributed by atoms with Gasteiger partial charge in [-0.1, -0.05) is 81.1 Å². The molecule has 0 amide bonds. The van der Waals surface area contributed by atoms with E-state index in [0.717, 1.165) is 49.9 Å². The van der Waals surface area contributed by atoms with Crippen molar-refractivity contribution < 1.29 is 64.1 Å². The molecule has 0 saturated carbocycles. The van der Waals surface area contributed by atoms with E-state index in [1.807, 2.05) is 55.4 Å². The Balaban J connectivity index is 0.00000108. The maximum Gasteiger partial charge on any atom is 2.00 e. The second-order valence-corrected chi connectivity index (χ2v) is 16.9. The van der Waals surface area contributed by atoms with Gasteiger partial charge in [-0.05, 0) is 85.8 Å². The van der Waals surface area contributed by atoms with Gasteiger partial charge in [0.2, 0.25) is 0 Å². The molecule has 14 nitrogen and oxygen atoms in total. The van der Waals surface area contributed by atoms with Crippen molar-refractivity contribution in [2.75, 3.05) is 26.4 Å². The molecular formula is C40H58CaO14S2. The fourth-order valence-corrected chi connectivity index (χ4v) is 5.60. The van der Waals surface area contributed by atoms with Crippen molar-refractivity contribution in [3.63, 3.8) is 0 Å². The minimum Gasteiger partial charge on any atom is -0.744 e. The van der Waals surface area contributed by atoms with E-state index in [1.165, 1.54) is 12.1 Å². The van der Waals surface area contributed by atoms with Crippen LogP contribution in [-0.2, 0) is 39.2 Å². The monoisotopic (exact) mass is 866 g/mol. The van der Waals surface area contributed by atoms with E-state index >= 15 is 0 Å². The average Bonchev–Trinajstić information content (AvgIpc) is 3.16. The van der Waals surface area contributed by atoms with Gasteiger partial charge >= 0.3 is 61.6 Å². The fraction of sp³-hybridized carbons (Fsp3) is 0.600. The Morgan fingerprint density at radius 1 is 0.456 bits per heavy atom. The predicted molar refractivity (Wildman–Crippen MR) is 212 cm³/mol. The first-order valence-electron chi connectivity index (χ1n) is 19.1. The number of carbonyl (C=O) groups excluding carboxylic acids is 4. The molecule has 17 heteroatoms. The average molecular weight is 867 g/mol. The van der Waals surface area contributed by atoms with E-state index in [4.69, 9.17) is 18.9 Å². The molecule has 0 heterocycles. The van der Waals surface area contributed by atoms with E-state index in [-0.39, 0.29) is 86.4 Å². The summed E-state index contributed by atoms with van der Waals surface area (Å²) in [6.45, 7) is 16.8. The zero-order valence-electron chi connectivity index (χ0n) is 34.5. The molecule has 2 aromatic rings. The van der Waals surface area contributed by atoms with Crippen LogP contribution in [0.25, 0.3) is 0 Å². The Hall–Kier alpha value is -2.60. The van der Waals surface area contributed by atoms with Gasteiger partial charge in [0.15, 0.2) is 0 Å². The molecule has 4 unspecified atom stereocenters. The molecule has 0 saturated heterocycles. The molecule has 0 aliphatic heterocycles. The van der Waals surface area contributed by atoms with Gasteiger partial charge in [0.1, 0.15) is 20.2 Å². The Bertz CT molecular complexity index is 1590. The first-order chi connectivity index (χ1) is 26.2. The Morgan fingerprint density at radius 3 is 0.807 bits per heavy atom. The van der Waals surface area contributed by atoms with E-state index in [1.54, 1.807) is 0 Å². The molecule has 0 aliphatic rings. The minimum absolute atomic E-state index is 0. The molecule has 316 valence electrons. The third-order valence-corrected chi connectivity index (χ3v) is 11.1. The van der Waals surface area contributed by atoms with Crippen LogP contribution < -0.4 is 0 Å². The fourth-order valence-electron chi connectivity index (χ4n) is 4.52. The number of ether oxygens (including phenoxy) is 4. The van der Waals surface area contributed by atoms with Crippen LogP contribution in [0.3, 0.4) is 0 Å². The van der Waals surface area contributed by atoms with E-state index in [2.05, 4.69) is 0 Å². The quantitative estimate of drug-likeness (QED) is 0.0496. The van der Waals surface area contributed by atoms with E-state index in [0.29, 0.717) is 49.4 Å². The van der Waals surface area contributed by atoms with Gasteiger partial charge in [-0.25, -0.2) is 36.0 Å². The molecular weight excluding hydrogens is 809 g/mol. The topological polar surface area (TPSA) is 220 Å². The second kappa shape index (κ2) is 27.2. The van der Waals surface area contributed by atoms with Crippen molar-refractivity contribution in [3.8, 4) is 0 Å². The van der Waals surface area contributed by atoms with Crippen LogP contribution in [0.4, 0.5) is 0 Å². The summed E-state index contributed by atoms with van der Waals surface area (Å²) in [4.78, 5) is 47.6. The molecule has 0 N–H and O–H groups in total. The summed E-state index contributed by atoms with van der Waals surface area (Å²) in [6, 6.07) is 6.05. The van der Waals surface area contributed by atoms with Crippen molar-refractivity contribution in [1.29, 1.82) is 0 Å². The molecule has 0 bridgehead atoms. The molecule has 0 fully saturated rings. The van der Waals surface area contributed by atoms with Crippen molar-refractivity contribution in [2.24, 2.45) is 23.7 Å². The number of rotatable bonds is 22. The standard InChI is InChI=1S/2C20H30O7S.Ca/c2*1-5-14(3)7-9-26-19(21)16-11-17(13-18(12-16)28(23,24)25)20(22)27-10-8-15(4)6-2;/h2*11-15H,5-10H2,1-4H3,(H,23,24,25);/q;;+2/p-2. The third-order valence-electron chi connectivity index (χ3n) is 9.50. The van der Waals surface area contributed by atoms with Crippen LogP contribution in [-0.4, -0.2) is 114 Å². The van der Waals surface area contributed by atoms with Crippen LogP contribution in [0.15, 0.2) is 46.2 Å². The maximum atomic E-state index is 12.2. The Kier molecular flexibility index (Phi) is 26.0. The van der Waals surface area contributed by atoms with Crippen molar-refractivity contribution in [2.45, 2.75) is 117 Å². The smallest absolute Gasteiger partial charge is 0.744 e. The van der Waals surface area contributed by atoms with Gasteiger partial charge in [0.05, 0.1) is 58.5 Å². The van der Waals surface area contributed by atoms with Gasteiger partial charge in [0, 0.05) is 0 Å². The summed E-state index contributed by atoms with van der Waals surface area (Å²) in [5.74, 6) is -1.67. The molecule has 2 aromatic carbocycles. The molecule has 0 aliphatic carbocycles. The van der Waals surface area contributed by atoms with Crippen LogP contribution in [0.5, 0.6) is 0 Å². The Labute approximate surface area is 368 Å². The molecule has 2 rings (SSSR count). The molecule has 0 radical (unpaired) electrons. The largest absolute Gasteiger partial charge is 2.00 e. The van der Waals surface area contributed by atoms with Gasteiger partial charge < -0.3 is 28.1 Å². The van der Waals surface area contributed by atoms with Crippen molar-refractivity contribution >= 4 is 81.9 Å². The van der Waals surface area contributed by atoms with Crippen LogP contribution in [0, 0.1) is 23.7 Å². The van der Waals surface area contributed by atoms with Crippen LogP contribution >= 0.6 is 0 Å². The summed E-state index contributed by atoms with van der Waals surface area (Å²) in [5.41, 5.74) is -0.685. The first-order valence-corrected chi connectivity index (χ1v) is 21.9. The minimum atomic E-state index is -4.86. The van der Waals surface area contributed by atoms with E-state index in [9.17, 15) is 45.1 Å². The summed E-state index contributed by atoms with van der Waals surface area (Å²) in [6.07, 6.45) is 6.39. The zero-order chi connectivity index (χ0) is 42.6. The van der Waals surface area contributed by atoms with Crippen molar-refractivity contribution in [1.82, 2.24) is 0 Å². The number of carbonyl (C=O) groups is 4. The van der Waals surface area contributed by atoms with Gasteiger partial charge in [-0.15, -0.1) is 0 Å². The zero-order valence-corrected chi connectivity index (χ0v) is 38.3. The number of esters is 4. The molecule has 0 aromatic heterocycles. The van der Waals surface area contributed by atoms with Crippen LogP contribution in [0.2, 0.25) is 0 Å². The van der Waals surface area contributed by atoms with Crippen LogP contribution in [0.1, 0.15) is 148 Å². The molecule has 0 spiro atoms. The summed E-state index contributed by atoms with van der Waals surface area (Å²) >= 11 is 0.